The predicted molar refractivity (Wildman–Crippen MR) is 70.2 cm³/mol. The molecule has 6 nitrogen and oxygen atoms in total. The van der Waals surface area contributed by atoms with Crippen molar-refractivity contribution >= 4 is 5.95 Å². The molecular formula is C12H22N4O2. The number of aromatic nitrogens is 3. The first-order valence-corrected chi connectivity index (χ1v) is 6.49. The highest BCUT2D eigenvalue weighted by Crippen LogP contribution is 2.13. The molecule has 0 aliphatic carbocycles. The summed E-state index contributed by atoms with van der Waals surface area (Å²) < 4.78 is 10.9. The standard InChI is InChI=1S/C12H22N4O2/c1-4-6-7-9-18-12-15-10(13-3)14-11(16-12)17-8-5-2/h4-9H2,1-3H3,(H,13,14,15,16). The molecule has 1 N–H and O–H groups in total. The Balaban J connectivity index is 2.58. The first-order chi connectivity index (χ1) is 8.80. The van der Waals surface area contributed by atoms with Crippen LogP contribution in [0.2, 0.25) is 0 Å². The zero-order valence-electron chi connectivity index (χ0n) is 11.4. The molecule has 0 bridgehead atoms. The molecule has 0 spiro atoms. The summed E-state index contributed by atoms with van der Waals surface area (Å²) in [5, 5.41) is 2.86. The number of rotatable bonds is 9. The molecule has 0 saturated carbocycles. The van der Waals surface area contributed by atoms with Crippen molar-refractivity contribution in [3.8, 4) is 12.0 Å². The second-order valence-corrected chi connectivity index (χ2v) is 3.88. The maximum Gasteiger partial charge on any atom is 0.324 e. The summed E-state index contributed by atoms with van der Waals surface area (Å²) in [7, 11) is 1.75. The number of unbranched alkanes of at least 4 members (excludes halogenated alkanes) is 2. The zero-order chi connectivity index (χ0) is 13.2. The highest BCUT2D eigenvalue weighted by atomic mass is 16.5. The van der Waals surface area contributed by atoms with Crippen LogP contribution < -0.4 is 14.8 Å². The van der Waals surface area contributed by atoms with Crippen LogP contribution in [0.3, 0.4) is 0 Å². The predicted octanol–water partition coefficient (Wildman–Crippen LogP) is 2.27. The summed E-state index contributed by atoms with van der Waals surface area (Å²) in [6.45, 7) is 5.39. The normalized spacial score (nSPS) is 10.2. The van der Waals surface area contributed by atoms with E-state index >= 15 is 0 Å². The SMILES string of the molecule is CCCCCOc1nc(NC)nc(OCCC)n1. The summed E-state index contributed by atoms with van der Waals surface area (Å²) in [5.74, 6) is 0.460. The minimum Gasteiger partial charge on any atom is -0.463 e. The monoisotopic (exact) mass is 254 g/mol. The van der Waals surface area contributed by atoms with Crippen molar-refractivity contribution in [1.29, 1.82) is 0 Å². The molecule has 0 aromatic carbocycles. The minimum absolute atomic E-state index is 0.307. The Labute approximate surface area is 108 Å². The molecule has 102 valence electrons. The van der Waals surface area contributed by atoms with E-state index in [1.165, 1.54) is 0 Å². The van der Waals surface area contributed by atoms with Crippen LogP contribution in [-0.2, 0) is 0 Å². The fourth-order valence-electron chi connectivity index (χ4n) is 1.29. The van der Waals surface area contributed by atoms with Crippen molar-refractivity contribution < 1.29 is 9.47 Å². The fraction of sp³-hybridized carbons (Fsp3) is 0.750. The summed E-state index contributed by atoms with van der Waals surface area (Å²) in [6.07, 6.45) is 4.21. The van der Waals surface area contributed by atoms with E-state index in [2.05, 4.69) is 27.2 Å². The van der Waals surface area contributed by atoms with E-state index in [4.69, 9.17) is 9.47 Å². The zero-order valence-corrected chi connectivity index (χ0v) is 11.4. The van der Waals surface area contributed by atoms with E-state index in [-0.39, 0.29) is 0 Å². The number of hydrogen-bond acceptors (Lipinski definition) is 6. The van der Waals surface area contributed by atoms with Crippen LogP contribution in [0.5, 0.6) is 12.0 Å². The van der Waals surface area contributed by atoms with E-state index < -0.39 is 0 Å². The van der Waals surface area contributed by atoms with E-state index in [0.717, 1.165) is 25.7 Å². The third kappa shape index (κ3) is 5.16. The van der Waals surface area contributed by atoms with Gasteiger partial charge < -0.3 is 14.8 Å². The van der Waals surface area contributed by atoms with Gasteiger partial charge in [-0.05, 0) is 12.8 Å². The maximum atomic E-state index is 5.49. The number of hydrogen-bond donors (Lipinski definition) is 1. The van der Waals surface area contributed by atoms with Crippen LogP contribution in [-0.4, -0.2) is 35.2 Å². The average Bonchev–Trinajstić information content (AvgIpc) is 2.41. The van der Waals surface area contributed by atoms with Crippen LogP contribution in [0.4, 0.5) is 5.95 Å². The molecule has 18 heavy (non-hydrogen) atoms. The van der Waals surface area contributed by atoms with Gasteiger partial charge >= 0.3 is 12.0 Å². The van der Waals surface area contributed by atoms with Crippen molar-refractivity contribution in [2.45, 2.75) is 39.5 Å². The van der Waals surface area contributed by atoms with E-state index in [0.29, 0.717) is 31.2 Å². The van der Waals surface area contributed by atoms with Crippen LogP contribution in [0.15, 0.2) is 0 Å². The molecule has 0 fully saturated rings. The van der Waals surface area contributed by atoms with Gasteiger partial charge in [-0.25, -0.2) is 0 Å². The van der Waals surface area contributed by atoms with Gasteiger partial charge in [0.1, 0.15) is 0 Å². The summed E-state index contributed by atoms with van der Waals surface area (Å²) in [5.41, 5.74) is 0. The Kier molecular flexibility index (Phi) is 6.83. The van der Waals surface area contributed by atoms with Crippen LogP contribution in [0.25, 0.3) is 0 Å². The first-order valence-electron chi connectivity index (χ1n) is 6.49. The van der Waals surface area contributed by atoms with Crippen molar-refractivity contribution in [3.05, 3.63) is 0 Å². The Bertz CT molecular complexity index is 347. The van der Waals surface area contributed by atoms with Gasteiger partial charge in [-0.15, -0.1) is 4.98 Å². The van der Waals surface area contributed by atoms with Gasteiger partial charge in [0.2, 0.25) is 5.95 Å². The van der Waals surface area contributed by atoms with Crippen molar-refractivity contribution in [2.24, 2.45) is 0 Å². The van der Waals surface area contributed by atoms with Gasteiger partial charge in [-0.2, -0.15) is 9.97 Å². The number of nitrogens with zero attached hydrogens (tertiary/aromatic N) is 3. The number of nitrogens with one attached hydrogen (secondary N) is 1. The second kappa shape index (κ2) is 8.49. The molecule has 0 aliphatic heterocycles. The minimum atomic E-state index is 0.307. The van der Waals surface area contributed by atoms with E-state index in [9.17, 15) is 0 Å². The molecule has 6 heteroatoms. The Morgan fingerprint density at radius 2 is 1.56 bits per heavy atom. The lowest BCUT2D eigenvalue weighted by Gasteiger charge is -2.08. The van der Waals surface area contributed by atoms with E-state index in [1.807, 2.05) is 6.92 Å². The van der Waals surface area contributed by atoms with Crippen molar-refractivity contribution in [1.82, 2.24) is 15.0 Å². The molecule has 0 radical (unpaired) electrons. The molecule has 0 atom stereocenters. The third-order valence-corrected chi connectivity index (χ3v) is 2.23. The van der Waals surface area contributed by atoms with Crippen LogP contribution in [0, 0.1) is 0 Å². The lowest BCUT2D eigenvalue weighted by molar-refractivity contribution is 0.258. The largest absolute Gasteiger partial charge is 0.463 e. The van der Waals surface area contributed by atoms with Gasteiger partial charge in [0.05, 0.1) is 13.2 Å². The van der Waals surface area contributed by atoms with Gasteiger partial charge in [-0.3, -0.25) is 0 Å². The quantitative estimate of drug-likeness (QED) is 0.682. The van der Waals surface area contributed by atoms with Gasteiger partial charge in [-0.1, -0.05) is 26.7 Å². The molecule has 1 rings (SSSR count). The molecule has 0 unspecified atom stereocenters. The molecular weight excluding hydrogens is 232 g/mol. The Morgan fingerprint density at radius 3 is 2.11 bits per heavy atom. The van der Waals surface area contributed by atoms with Crippen molar-refractivity contribution in [3.63, 3.8) is 0 Å². The van der Waals surface area contributed by atoms with Gasteiger partial charge in [0.15, 0.2) is 0 Å². The Hall–Kier alpha value is -1.59. The number of anilines is 1. The van der Waals surface area contributed by atoms with Gasteiger partial charge in [0, 0.05) is 7.05 Å². The highest BCUT2D eigenvalue weighted by Gasteiger charge is 2.07. The molecule has 1 heterocycles. The van der Waals surface area contributed by atoms with E-state index in [1.54, 1.807) is 7.05 Å². The second-order valence-electron chi connectivity index (χ2n) is 3.88. The lowest BCUT2D eigenvalue weighted by atomic mass is 10.3. The lowest BCUT2D eigenvalue weighted by Crippen LogP contribution is -2.08. The molecule has 1 aromatic heterocycles. The third-order valence-electron chi connectivity index (χ3n) is 2.23. The molecule has 0 amide bonds. The summed E-state index contributed by atoms with van der Waals surface area (Å²) >= 11 is 0. The molecule has 1 aromatic rings. The number of ether oxygens (including phenoxy) is 2. The highest BCUT2D eigenvalue weighted by molar-refractivity contribution is 5.26. The smallest absolute Gasteiger partial charge is 0.324 e. The topological polar surface area (TPSA) is 69.2 Å². The van der Waals surface area contributed by atoms with Gasteiger partial charge in [0.25, 0.3) is 0 Å². The average molecular weight is 254 g/mol. The van der Waals surface area contributed by atoms with Crippen LogP contribution in [0.1, 0.15) is 39.5 Å². The maximum absolute atomic E-state index is 5.49. The first kappa shape index (κ1) is 14.5. The molecule has 0 saturated heterocycles. The van der Waals surface area contributed by atoms with Crippen LogP contribution >= 0.6 is 0 Å². The molecule has 0 aliphatic rings. The summed E-state index contributed by atoms with van der Waals surface area (Å²) in [4.78, 5) is 12.3. The Morgan fingerprint density at radius 1 is 0.889 bits per heavy atom. The fourth-order valence-corrected chi connectivity index (χ4v) is 1.29. The van der Waals surface area contributed by atoms with Crippen molar-refractivity contribution in [2.75, 3.05) is 25.6 Å². The summed E-state index contributed by atoms with van der Waals surface area (Å²) in [6, 6.07) is 0.623.